The first-order valence-corrected chi connectivity index (χ1v) is 10.3. The quantitative estimate of drug-likeness (QED) is 0.793. The largest absolute Gasteiger partial charge is 0.496 e. The molecule has 1 fully saturated rings. The van der Waals surface area contributed by atoms with Gasteiger partial charge in [0, 0.05) is 38.3 Å². The highest BCUT2D eigenvalue weighted by Gasteiger charge is 2.31. The Balaban J connectivity index is 2.02. The Bertz CT molecular complexity index is 681. The lowest BCUT2D eigenvalue weighted by Crippen LogP contribution is -2.58. The molecule has 1 aromatic rings. The second-order valence-electron chi connectivity index (χ2n) is 7.19. The molecule has 0 spiro atoms. The molecule has 0 aliphatic carbocycles. The van der Waals surface area contributed by atoms with Crippen molar-refractivity contribution in [3.63, 3.8) is 0 Å². The van der Waals surface area contributed by atoms with Crippen LogP contribution in [-0.4, -0.2) is 70.1 Å². The molecule has 0 unspecified atom stereocenters. The van der Waals surface area contributed by atoms with Crippen LogP contribution in [0.3, 0.4) is 0 Å². The van der Waals surface area contributed by atoms with Gasteiger partial charge in [-0.05, 0) is 51.1 Å². The standard InChI is InChI=1S/C18H31N3O3S/c1-6-20-9-11-21(12-10-20)18(3,4)14-19-25(22,23)16-7-8-17(24-5)15(2)13-16/h7-8,13,19H,6,9-12,14H2,1-5H3. The van der Waals surface area contributed by atoms with Crippen LogP contribution in [0.15, 0.2) is 23.1 Å². The molecular weight excluding hydrogens is 338 g/mol. The van der Waals surface area contributed by atoms with Crippen molar-refractivity contribution in [2.75, 3.05) is 46.4 Å². The van der Waals surface area contributed by atoms with E-state index in [0.717, 1.165) is 38.3 Å². The summed E-state index contributed by atoms with van der Waals surface area (Å²) in [6.07, 6.45) is 0. The van der Waals surface area contributed by atoms with Gasteiger partial charge in [-0.1, -0.05) is 6.92 Å². The van der Waals surface area contributed by atoms with Crippen molar-refractivity contribution in [1.82, 2.24) is 14.5 Å². The molecule has 25 heavy (non-hydrogen) atoms. The third-order valence-corrected chi connectivity index (χ3v) is 6.45. The number of sulfonamides is 1. The zero-order valence-electron chi connectivity index (χ0n) is 16.0. The Hall–Kier alpha value is -1.15. The molecule has 0 radical (unpaired) electrons. The number of hydrogen-bond donors (Lipinski definition) is 1. The summed E-state index contributed by atoms with van der Waals surface area (Å²) in [4.78, 5) is 5.05. The molecule has 0 bridgehead atoms. The number of hydrogen-bond acceptors (Lipinski definition) is 5. The number of benzene rings is 1. The van der Waals surface area contributed by atoms with Crippen molar-refractivity contribution in [1.29, 1.82) is 0 Å². The van der Waals surface area contributed by atoms with Crippen LogP contribution in [0.1, 0.15) is 26.3 Å². The summed E-state index contributed by atoms with van der Waals surface area (Å²) < 4.78 is 33.2. The van der Waals surface area contributed by atoms with E-state index in [2.05, 4.69) is 35.3 Å². The smallest absolute Gasteiger partial charge is 0.240 e. The molecule has 1 heterocycles. The molecule has 0 aromatic heterocycles. The van der Waals surface area contributed by atoms with E-state index in [4.69, 9.17) is 4.74 Å². The maximum absolute atomic E-state index is 12.6. The number of nitrogens with one attached hydrogen (secondary N) is 1. The molecule has 1 aliphatic heterocycles. The molecule has 0 amide bonds. The molecule has 0 atom stereocenters. The zero-order chi connectivity index (χ0) is 18.7. The Labute approximate surface area is 152 Å². The Morgan fingerprint density at radius 2 is 1.84 bits per heavy atom. The molecule has 1 saturated heterocycles. The van der Waals surface area contributed by atoms with Gasteiger partial charge in [-0.2, -0.15) is 0 Å². The van der Waals surface area contributed by atoms with Crippen LogP contribution in [0.2, 0.25) is 0 Å². The predicted octanol–water partition coefficient (Wildman–Crippen LogP) is 1.70. The molecule has 142 valence electrons. The summed E-state index contributed by atoms with van der Waals surface area (Å²) in [6.45, 7) is 13.6. The van der Waals surface area contributed by atoms with Crippen molar-refractivity contribution in [3.05, 3.63) is 23.8 Å². The molecule has 7 heteroatoms. The first-order valence-electron chi connectivity index (χ1n) is 8.81. The highest BCUT2D eigenvalue weighted by Crippen LogP contribution is 2.22. The van der Waals surface area contributed by atoms with Crippen molar-refractivity contribution < 1.29 is 13.2 Å². The molecule has 0 saturated carbocycles. The van der Waals surface area contributed by atoms with Gasteiger partial charge < -0.3 is 9.64 Å². The summed E-state index contributed by atoms with van der Waals surface area (Å²) in [5, 5.41) is 0. The second-order valence-corrected chi connectivity index (χ2v) is 8.96. The first kappa shape index (κ1) is 20.2. The van der Waals surface area contributed by atoms with Crippen LogP contribution < -0.4 is 9.46 Å². The van der Waals surface area contributed by atoms with Crippen molar-refractivity contribution in [2.45, 2.75) is 38.1 Å². The van der Waals surface area contributed by atoms with Gasteiger partial charge in [0.1, 0.15) is 5.75 Å². The fourth-order valence-corrected chi connectivity index (χ4v) is 4.44. The summed E-state index contributed by atoms with van der Waals surface area (Å²) in [5.74, 6) is 0.688. The molecular formula is C18H31N3O3S. The number of piperazine rings is 1. The molecule has 1 N–H and O–H groups in total. The van der Waals surface area contributed by atoms with Crippen LogP contribution in [0, 0.1) is 6.92 Å². The van der Waals surface area contributed by atoms with E-state index in [9.17, 15) is 8.42 Å². The van der Waals surface area contributed by atoms with Gasteiger partial charge in [-0.15, -0.1) is 0 Å². The maximum atomic E-state index is 12.6. The Kier molecular flexibility index (Phi) is 6.48. The molecule has 1 aromatic carbocycles. The summed E-state index contributed by atoms with van der Waals surface area (Å²) in [6, 6.07) is 4.92. The number of nitrogens with zero attached hydrogens (tertiary/aromatic N) is 2. The normalized spacial score (nSPS) is 17.6. The van der Waals surface area contributed by atoms with Crippen LogP contribution in [-0.2, 0) is 10.0 Å². The van der Waals surface area contributed by atoms with E-state index in [0.29, 0.717) is 12.3 Å². The van der Waals surface area contributed by atoms with Crippen molar-refractivity contribution >= 4 is 10.0 Å². The number of ether oxygens (including phenoxy) is 1. The Morgan fingerprint density at radius 3 is 2.36 bits per heavy atom. The minimum absolute atomic E-state index is 0.228. The van der Waals surface area contributed by atoms with E-state index in [1.165, 1.54) is 0 Å². The van der Waals surface area contributed by atoms with E-state index in [-0.39, 0.29) is 10.4 Å². The number of rotatable bonds is 7. The minimum Gasteiger partial charge on any atom is -0.496 e. The maximum Gasteiger partial charge on any atom is 0.240 e. The highest BCUT2D eigenvalue weighted by atomic mass is 32.2. The molecule has 1 aliphatic rings. The Morgan fingerprint density at radius 1 is 1.20 bits per heavy atom. The number of aryl methyl sites for hydroxylation is 1. The van der Waals surface area contributed by atoms with E-state index < -0.39 is 10.0 Å². The third-order valence-electron chi connectivity index (χ3n) is 5.05. The average molecular weight is 370 g/mol. The SMILES string of the molecule is CCN1CCN(C(C)(C)CNS(=O)(=O)c2ccc(OC)c(C)c2)CC1. The van der Waals surface area contributed by atoms with Crippen LogP contribution >= 0.6 is 0 Å². The third kappa shape index (κ3) is 4.94. The van der Waals surface area contributed by atoms with Gasteiger partial charge in [0.15, 0.2) is 0 Å². The first-order chi connectivity index (χ1) is 11.7. The van der Waals surface area contributed by atoms with Crippen molar-refractivity contribution in [2.24, 2.45) is 0 Å². The fraction of sp³-hybridized carbons (Fsp3) is 0.667. The van der Waals surface area contributed by atoms with Crippen LogP contribution in [0.5, 0.6) is 5.75 Å². The van der Waals surface area contributed by atoms with Crippen molar-refractivity contribution in [3.8, 4) is 5.75 Å². The van der Waals surface area contributed by atoms with E-state index >= 15 is 0 Å². The van der Waals surface area contributed by atoms with E-state index in [1.54, 1.807) is 25.3 Å². The predicted molar refractivity (Wildman–Crippen MR) is 101 cm³/mol. The van der Waals surface area contributed by atoms with Gasteiger partial charge in [0.05, 0.1) is 12.0 Å². The topological polar surface area (TPSA) is 61.9 Å². The number of methoxy groups -OCH3 is 1. The monoisotopic (exact) mass is 369 g/mol. The minimum atomic E-state index is -3.54. The van der Waals surface area contributed by atoms with Gasteiger partial charge in [0.25, 0.3) is 0 Å². The van der Waals surface area contributed by atoms with E-state index in [1.807, 2.05) is 6.92 Å². The zero-order valence-corrected chi connectivity index (χ0v) is 16.8. The summed E-state index contributed by atoms with van der Waals surface area (Å²) in [7, 11) is -1.96. The van der Waals surface area contributed by atoms with Gasteiger partial charge in [0.2, 0.25) is 10.0 Å². The summed E-state index contributed by atoms with van der Waals surface area (Å²) >= 11 is 0. The lowest BCUT2D eigenvalue weighted by molar-refractivity contribution is 0.0571. The van der Waals surface area contributed by atoms with Crippen LogP contribution in [0.4, 0.5) is 0 Å². The second kappa shape index (κ2) is 8.03. The van der Waals surface area contributed by atoms with Gasteiger partial charge in [-0.3, -0.25) is 4.90 Å². The average Bonchev–Trinajstić information content (AvgIpc) is 2.60. The van der Waals surface area contributed by atoms with Gasteiger partial charge in [-0.25, -0.2) is 13.1 Å². The van der Waals surface area contributed by atoms with Crippen LogP contribution in [0.25, 0.3) is 0 Å². The van der Waals surface area contributed by atoms with Gasteiger partial charge >= 0.3 is 0 Å². The molecule has 6 nitrogen and oxygen atoms in total. The lowest BCUT2D eigenvalue weighted by atomic mass is 10.0. The number of likely N-dealkylation sites (N-methyl/N-ethyl adjacent to an activating group) is 1. The lowest BCUT2D eigenvalue weighted by Gasteiger charge is -2.44. The highest BCUT2D eigenvalue weighted by molar-refractivity contribution is 7.89. The summed E-state index contributed by atoms with van der Waals surface area (Å²) in [5.41, 5.74) is 0.578. The molecule has 2 rings (SSSR count). The fourth-order valence-electron chi connectivity index (χ4n) is 3.15.